The van der Waals surface area contributed by atoms with Crippen molar-refractivity contribution in [1.29, 1.82) is 0 Å². The number of nitrogens with zero attached hydrogens (tertiary/aromatic N) is 2. The number of benzene rings is 4. The first kappa shape index (κ1) is 26.2. The molecule has 4 aromatic carbocycles. The van der Waals surface area contributed by atoms with Crippen LogP contribution in [-0.4, -0.2) is 16.7 Å². The second-order valence-electron chi connectivity index (χ2n) is 9.02. The van der Waals surface area contributed by atoms with Gasteiger partial charge in [0.1, 0.15) is 21.3 Å². The monoisotopic (exact) mass is 588 g/mol. The molecule has 0 radical (unpaired) electrons. The van der Waals surface area contributed by atoms with E-state index in [1.54, 1.807) is 12.1 Å². The molecule has 0 bridgehead atoms. The summed E-state index contributed by atoms with van der Waals surface area (Å²) in [6.45, 7) is 2.02. The van der Waals surface area contributed by atoms with Gasteiger partial charge in [-0.3, -0.25) is 0 Å². The van der Waals surface area contributed by atoms with E-state index in [1.807, 2.05) is 67.7 Å². The minimum atomic E-state index is -0.891. The quantitative estimate of drug-likeness (QED) is 0.134. The fraction of sp³-hybridized carbons (Fsp3) is 0.156. The van der Waals surface area contributed by atoms with Gasteiger partial charge in [-0.2, -0.15) is 0 Å². The molecule has 0 amide bonds. The number of alkyl halides is 1. The molecule has 5 aromatic rings. The van der Waals surface area contributed by atoms with Gasteiger partial charge in [-0.25, -0.2) is 9.37 Å². The Morgan fingerprint density at radius 1 is 0.895 bits per heavy atom. The maximum Gasteiger partial charge on any atom is 0.170 e. The van der Waals surface area contributed by atoms with Gasteiger partial charge >= 0.3 is 0 Å². The molecule has 0 fully saturated rings. The summed E-state index contributed by atoms with van der Waals surface area (Å²) in [4.78, 5) is 4.82. The summed E-state index contributed by atoms with van der Waals surface area (Å²) in [5, 5.41) is -0.891. The Labute approximate surface area is 236 Å². The summed E-state index contributed by atoms with van der Waals surface area (Å²) >= 11 is 10.8. The molecule has 6 heteroatoms. The lowest BCUT2D eigenvalue weighted by molar-refractivity contribution is 0.383. The summed E-state index contributed by atoms with van der Waals surface area (Å²) in [5.41, 5.74) is 3.48. The van der Waals surface area contributed by atoms with Crippen molar-refractivity contribution in [2.45, 2.75) is 24.3 Å². The Kier molecular flexibility index (Phi) is 7.68. The van der Waals surface area contributed by atoms with Crippen molar-refractivity contribution in [1.82, 2.24) is 9.55 Å². The average Bonchev–Trinajstić information content (AvgIpc) is 3.36. The lowest BCUT2D eigenvalue weighted by atomic mass is 9.76. The second kappa shape index (κ2) is 11.1. The van der Waals surface area contributed by atoms with Crippen LogP contribution in [0.2, 0.25) is 0 Å². The summed E-state index contributed by atoms with van der Waals surface area (Å²) in [5.74, 6) is 0.187. The number of aromatic nitrogens is 2. The van der Waals surface area contributed by atoms with Crippen LogP contribution in [0.25, 0.3) is 0 Å². The topological polar surface area (TPSA) is 27.1 Å². The Morgan fingerprint density at radius 2 is 1.39 bits per heavy atom. The van der Waals surface area contributed by atoms with E-state index in [0.29, 0.717) is 22.4 Å². The van der Waals surface area contributed by atoms with Gasteiger partial charge in [0.15, 0.2) is 11.6 Å². The van der Waals surface area contributed by atoms with Gasteiger partial charge in [-0.15, -0.1) is 11.6 Å². The summed E-state index contributed by atoms with van der Waals surface area (Å²) < 4.78 is 23.7. The maximum absolute atomic E-state index is 15.7. The van der Waals surface area contributed by atoms with Gasteiger partial charge in [0.25, 0.3) is 0 Å². The molecule has 38 heavy (non-hydrogen) atoms. The van der Waals surface area contributed by atoms with Crippen LogP contribution in [0.1, 0.15) is 45.9 Å². The zero-order chi connectivity index (χ0) is 26.7. The van der Waals surface area contributed by atoms with E-state index in [-0.39, 0.29) is 5.75 Å². The van der Waals surface area contributed by atoms with Crippen molar-refractivity contribution in [2.24, 2.45) is 0 Å². The third kappa shape index (κ3) is 4.55. The van der Waals surface area contributed by atoms with E-state index in [0.717, 1.165) is 22.3 Å². The molecule has 0 saturated heterocycles. The van der Waals surface area contributed by atoms with E-state index < -0.39 is 16.7 Å². The highest BCUT2D eigenvalue weighted by molar-refractivity contribution is 9.10. The Morgan fingerprint density at radius 3 is 1.84 bits per heavy atom. The van der Waals surface area contributed by atoms with Crippen LogP contribution in [0.4, 0.5) is 4.39 Å². The Balaban J connectivity index is 1.85. The first-order valence-electron chi connectivity index (χ1n) is 12.4. The number of rotatable bonds is 8. The zero-order valence-electron chi connectivity index (χ0n) is 21.1. The fourth-order valence-electron chi connectivity index (χ4n) is 5.12. The molecule has 0 aliphatic heterocycles. The molecule has 5 rings (SSSR count). The Hall–Kier alpha value is -3.41. The number of aryl methyl sites for hydroxylation is 1. The molecule has 0 saturated carbocycles. The molecule has 0 aliphatic carbocycles. The minimum absolute atomic E-state index is 0.169. The largest absolute Gasteiger partial charge is 0.494 e. The van der Waals surface area contributed by atoms with E-state index >= 15 is 4.39 Å². The van der Waals surface area contributed by atoms with Gasteiger partial charge in [0.05, 0.1) is 7.11 Å². The molecule has 1 atom stereocenters. The number of halogens is 3. The number of methoxy groups -OCH3 is 1. The molecule has 1 unspecified atom stereocenters. The van der Waals surface area contributed by atoms with Crippen LogP contribution in [0.15, 0.2) is 114 Å². The van der Waals surface area contributed by atoms with Crippen molar-refractivity contribution in [3.8, 4) is 5.75 Å². The molecule has 3 nitrogen and oxygen atoms in total. The van der Waals surface area contributed by atoms with E-state index in [2.05, 4.69) is 56.9 Å². The Bertz CT molecular complexity index is 1430. The van der Waals surface area contributed by atoms with Crippen LogP contribution in [0.5, 0.6) is 5.75 Å². The number of hydrogen-bond acceptors (Lipinski definition) is 2. The molecular weight excluding hydrogens is 563 g/mol. The van der Waals surface area contributed by atoms with Gasteiger partial charge in [0.2, 0.25) is 0 Å². The maximum atomic E-state index is 15.7. The molecule has 192 valence electrons. The highest BCUT2D eigenvalue weighted by atomic mass is 79.9. The molecule has 0 spiro atoms. The lowest BCUT2D eigenvalue weighted by Gasteiger charge is -2.39. The summed E-state index contributed by atoms with van der Waals surface area (Å²) in [6, 6.07) is 34.2. The van der Waals surface area contributed by atoms with Crippen LogP contribution in [0, 0.1) is 5.82 Å². The van der Waals surface area contributed by atoms with Crippen molar-refractivity contribution in [2.75, 3.05) is 7.11 Å². The predicted octanol–water partition coefficient (Wildman–Crippen LogP) is 8.52. The number of hydrogen-bond donors (Lipinski definition) is 0. The third-order valence-electron chi connectivity index (χ3n) is 6.89. The molecule has 1 aromatic heterocycles. The minimum Gasteiger partial charge on any atom is -0.494 e. The van der Waals surface area contributed by atoms with Crippen molar-refractivity contribution in [3.63, 3.8) is 0 Å². The smallest absolute Gasteiger partial charge is 0.170 e. The third-order valence-corrected chi connectivity index (χ3v) is 7.71. The van der Waals surface area contributed by atoms with E-state index in [4.69, 9.17) is 21.3 Å². The standard InChI is InChI=1S/C32H27BrClFN2O/c1-3-22-19-26(30(35)27(20-22)38-2)29(34)31-36-28(33)21-37(31)32(23-13-7-4-8-14-23,24-15-9-5-10-16-24)25-17-11-6-12-18-25/h4-21,29H,3H2,1-2H3. The SMILES string of the molecule is CCc1cc(OC)c(F)c(C(Cl)c2nc(Br)cn2C(c2ccccc2)(c2ccccc2)c2ccccc2)c1. The van der Waals surface area contributed by atoms with Crippen molar-refractivity contribution < 1.29 is 9.13 Å². The number of imidazole rings is 1. The van der Waals surface area contributed by atoms with E-state index in [9.17, 15) is 0 Å². The average molecular weight is 590 g/mol. The summed E-state index contributed by atoms with van der Waals surface area (Å²) in [7, 11) is 1.47. The highest BCUT2D eigenvalue weighted by Crippen LogP contribution is 2.45. The number of ether oxygens (including phenoxy) is 1. The van der Waals surface area contributed by atoms with Crippen LogP contribution < -0.4 is 4.74 Å². The fourth-order valence-corrected chi connectivity index (χ4v) is 5.82. The van der Waals surface area contributed by atoms with Gasteiger partial charge in [-0.05, 0) is 50.7 Å². The van der Waals surface area contributed by atoms with Crippen molar-refractivity contribution >= 4 is 27.5 Å². The zero-order valence-corrected chi connectivity index (χ0v) is 23.5. The normalized spacial score (nSPS) is 12.3. The van der Waals surface area contributed by atoms with Crippen molar-refractivity contribution in [3.05, 3.63) is 153 Å². The second-order valence-corrected chi connectivity index (χ2v) is 10.3. The molecule has 1 heterocycles. The van der Waals surface area contributed by atoms with E-state index in [1.165, 1.54) is 7.11 Å². The molecular formula is C32H27BrClFN2O. The highest BCUT2D eigenvalue weighted by Gasteiger charge is 2.41. The molecule has 0 N–H and O–H groups in total. The van der Waals surface area contributed by atoms with Gasteiger partial charge in [-0.1, -0.05) is 104 Å². The van der Waals surface area contributed by atoms with Gasteiger partial charge < -0.3 is 9.30 Å². The molecule has 0 aliphatic rings. The first-order valence-corrected chi connectivity index (χ1v) is 13.7. The lowest BCUT2D eigenvalue weighted by Crippen LogP contribution is -2.39. The van der Waals surface area contributed by atoms with Gasteiger partial charge in [0, 0.05) is 11.8 Å². The summed E-state index contributed by atoms with van der Waals surface area (Å²) in [6.07, 6.45) is 2.64. The van der Waals surface area contributed by atoms with Crippen LogP contribution >= 0.6 is 27.5 Å². The van der Waals surface area contributed by atoms with Crippen LogP contribution in [-0.2, 0) is 12.0 Å². The van der Waals surface area contributed by atoms with Crippen LogP contribution in [0.3, 0.4) is 0 Å². The first-order chi connectivity index (χ1) is 18.5. The predicted molar refractivity (Wildman–Crippen MR) is 155 cm³/mol.